The van der Waals surface area contributed by atoms with Gasteiger partial charge in [-0.3, -0.25) is 14.9 Å². The Morgan fingerprint density at radius 1 is 1.39 bits per heavy atom. The van der Waals surface area contributed by atoms with Gasteiger partial charge in [-0.05, 0) is 31.4 Å². The van der Waals surface area contributed by atoms with Crippen molar-refractivity contribution in [1.29, 1.82) is 0 Å². The molecule has 0 saturated carbocycles. The van der Waals surface area contributed by atoms with Crippen LogP contribution in [0.15, 0.2) is 24.4 Å². The SMILES string of the molecule is O=C(NCc1ccccn1)c1n[nH]c2c1CCC2. The third kappa shape index (κ3) is 1.99. The molecule has 3 rings (SSSR count). The number of hydrogen-bond acceptors (Lipinski definition) is 3. The number of hydrogen-bond donors (Lipinski definition) is 2. The van der Waals surface area contributed by atoms with Crippen LogP contribution in [-0.4, -0.2) is 21.1 Å². The van der Waals surface area contributed by atoms with Crippen LogP contribution in [0.4, 0.5) is 0 Å². The smallest absolute Gasteiger partial charge is 0.272 e. The molecule has 1 amide bonds. The molecule has 0 saturated heterocycles. The van der Waals surface area contributed by atoms with E-state index in [1.54, 1.807) is 6.20 Å². The molecule has 2 aromatic heterocycles. The first-order valence-corrected chi connectivity index (χ1v) is 6.09. The Hall–Kier alpha value is -2.17. The summed E-state index contributed by atoms with van der Waals surface area (Å²) in [5.41, 5.74) is 3.57. The van der Waals surface area contributed by atoms with Crippen LogP contribution in [-0.2, 0) is 19.4 Å². The van der Waals surface area contributed by atoms with Crippen LogP contribution in [0.25, 0.3) is 0 Å². The molecule has 2 heterocycles. The molecule has 0 fully saturated rings. The zero-order valence-electron chi connectivity index (χ0n) is 9.94. The van der Waals surface area contributed by atoms with E-state index in [1.807, 2.05) is 18.2 Å². The average Bonchev–Trinajstić information content (AvgIpc) is 2.99. The first kappa shape index (κ1) is 11.0. The van der Waals surface area contributed by atoms with Crippen LogP contribution in [0.1, 0.15) is 33.9 Å². The molecular formula is C13H14N4O. The number of carbonyl (C=O) groups excluding carboxylic acids is 1. The Morgan fingerprint density at radius 2 is 2.33 bits per heavy atom. The minimum atomic E-state index is -0.125. The minimum Gasteiger partial charge on any atom is -0.345 e. The van der Waals surface area contributed by atoms with Gasteiger partial charge in [0.1, 0.15) is 0 Å². The zero-order chi connectivity index (χ0) is 12.4. The van der Waals surface area contributed by atoms with Crippen LogP contribution < -0.4 is 5.32 Å². The normalized spacial score (nSPS) is 13.3. The van der Waals surface area contributed by atoms with Gasteiger partial charge in [0.15, 0.2) is 5.69 Å². The molecule has 0 radical (unpaired) electrons. The number of pyridine rings is 1. The first-order valence-electron chi connectivity index (χ1n) is 6.09. The van der Waals surface area contributed by atoms with E-state index in [0.717, 1.165) is 36.2 Å². The van der Waals surface area contributed by atoms with Gasteiger partial charge in [-0.1, -0.05) is 6.07 Å². The van der Waals surface area contributed by atoms with Crippen molar-refractivity contribution in [1.82, 2.24) is 20.5 Å². The number of aromatic nitrogens is 3. The minimum absolute atomic E-state index is 0.125. The van der Waals surface area contributed by atoms with Gasteiger partial charge in [-0.15, -0.1) is 0 Å². The Morgan fingerprint density at radius 3 is 3.17 bits per heavy atom. The summed E-state index contributed by atoms with van der Waals surface area (Å²) in [5.74, 6) is -0.125. The summed E-state index contributed by atoms with van der Waals surface area (Å²) in [6.45, 7) is 0.432. The van der Waals surface area contributed by atoms with Crippen molar-refractivity contribution in [3.05, 3.63) is 47.0 Å². The molecule has 0 unspecified atom stereocenters. The predicted octanol–water partition coefficient (Wildman–Crippen LogP) is 1.22. The second-order valence-corrected chi connectivity index (χ2v) is 4.39. The van der Waals surface area contributed by atoms with Crippen molar-refractivity contribution < 1.29 is 4.79 Å². The highest BCUT2D eigenvalue weighted by Crippen LogP contribution is 2.22. The Labute approximate surface area is 105 Å². The van der Waals surface area contributed by atoms with Gasteiger partial charge < -0.3 is 5.32 Å². The Balaban J connectivity index is 1.68. The third-order valence-corrected chi connectivity index (χ3v) is 3.18. The molecule has 92 valence electrons. The predicted molar refractivity (Wildman–Crippen MR) is 66.0 cm³/mol. The first-order chi connectivity index (χ1) is 8.84. The number of carbonyl (C=O) groups is 1. The fourth-order valence-electron chi connectivity index (χ4n) is 2.26. The maximum atomic E-state index is 12.0. The molecule has 18 heavy (non-hydrogen) atoms. The van der Waals surface area contributed by atoms with E-state index in [4.69, 9.17) is 0 Å². The van der Waals surface area contributed by atoms with E-state index in [0.29, 0.717) is 12.2 Å². The van der Waals surface area contributed by atoms with Crippen LogP contribution in [0.5, 0.6) is 0 Å². The average molecular weight is 242 g/mol. The standard InChI is InChI=1S/C13H14N4O/c18-13(15-8-9-4-1-2-7-14-9)12-10-5-3-6-11(10)16-17-12/h1-2,4,7H,3,5-6,8H2,(H,15,18)(H,16,17). The Kier molecular flexibility index (Phi) is 2.80. The second-order valence-electron chi connectivity index (χ2n) is 4.39. The summed E-state index contributed by atoms with van der Waals surface area (Å²) < 4.78 is 0. The van der Waals surface area contributed by atoms with Crippen molar-refractivity contribution in [2.45, 2.75) is 25.8 Å². The summed E-state index contributed by atoms with van der Waals surface area (Å²) in [4.78, 5) is 16.2. The van der Waals surface area contributed by atoms with Crippen LogP contribution in [0.3, 0.4) is 0 Å². The van der Waals surface area contributed by atoms with Crippen molar-refractivity contribution in [2.75, 3.05) is 0 Å². The fourth-order valence-corrected chi connectivity index (χ4v) is 2.26. The summed E-state index contributed by atoms with van der Waals surface area (Å²) in [6, 6.07) is 5.64. The number of aryl methyl sites for hydroxylation is 1. The zero-order valence-corrected chi connectivity index (χ0v) is 9.94. The maximum absolute atomic E-state index is 12.0. The van der Waals surface area contributed by atoms with Crippen LogP contribution in [0.2, 0.25) is 0 Å². The van der Waals surface area contributed by atoms with Gasteiger partial charge in [-0.25, -0.2) is 0 Å². The van der Waals surface area contributed by atoms with Crippen molar-refractivity contribution in [3.8, 4) is 0 Å². The van der Waals surface area contributed by atoms with Crippen molar-refractivity contribution in [2.24, 2.45) is 0 Å². The number of nitrogens with zero attached hydrogens (tertiary/aromatic N) is 2. The van der Waals surface area contributed by atoms with E-state index >= 15 is 0 Å². The second kappa shape index (κ2) is 4.60. The highest BCUT2D eigenvalue weighted by Gasteiger charge is 2.22. The van der Waals surface area contributed by atoms with Crippen LogP contribution in [0, 0.1) is 0 Å². The summed E-state index contributed by atoms with van der Waals surface area (Å²) in [5, 5.41) is 9.88. The van der Waals surface area contributed by atoms with Gasteiger partial charge in [-0.2, -0.15) is 5.10 Å². The molecule has 1 aliphatic rings. The maximum Gasteiger partial charge on any atom is 0.272 e. The lowest BCUT2D eigenvalue weighted by Gasteiger charge is -2.03. The number of fused-ring (bicyclic) bond motifs is 1. The molecule has 0 aromatic carbocycles. The topological polar surface area (TPSA) is 70.7 Å². The highest BCUT2D eigenvalue weighted by atomic mass is 16.1. The molecule has 0 bridgehead atoms. The largest absolute Gasteiger partial charge is 0.345 e. The lowest BCUT2D eigenvalue weighted by atomic mass is 10.2. The summed E-state index contributed by atoms with van der Waals surface area (Å²) >= 11 is 0. The summed E-state index contributed by atoms with van der Waals surface area (Å²) in [7, 11) is 0. The molecule has 2 aromatic rings. The lowest BCUT2D eigenvalue weighted by Crippen LogP contribution is -2.24. The monoisotopic (exact) mass is 242 g/mol. The Bertz CT molecular complexity index is 562. The number of amides is 1. The van der Waals surface area contributed by atoms with Gasteiger partial charge in [0.2, 0.25) is 0 Å². The molecule has 2 N–H and O–H groups in total. The van der Waals surface area contributed by atoms with Gasteiger partial charge in [0, 0.05) is 17.5 Å². The van der Waals surface area contributed by atoms with E-state index in [2.05, 4.69) is 20.5 Å². The number of rotatable bonds is 3. The molecule has 5 nitrogen and oxygen atoms in total. The highest BCUT2D eigenvalue weighted by molar-refractivity contribution is 5.94. The lowest BCUT2D eigenvalue weighted by molar-refractivity contribution is 0.0944. The van der Waals surface area contributed by atoms with E-state index < -0.39 is 0 Å². The molecule has 0 spiro atoms. The third-order valence-electron chi connectivity index (χ3n) is 3.18. The summed E-state index contributed by atoms with van der Waals surface area (Å²) in [6.07, 6.45) is 4.76. The van der Waals surface area contributed by atoms with Gasteiger partial charge >= 0.3 is 0 Å². The molecular weight excluding hydrogens is 228 g/mol. The van der Waals surface area contributed by atoms with Crippen LogP contribution >= 0.6 is 0 Å². The van der Waals surface area contributed by atoms with Crippen molar-refractivity contribution >= 4 is 5.91 Å². The molecule has 5 heteroatoms. The fraction of sp³-hybridized carbons (Fsp3) is 0.308. The molecule has 1 aliphatic carbocycles. The van der Waals surface area contributed by atoms with Gasteiger partial charge in [0.25, 0.3) is 5.91 Å². The van der Waals surface area contributed by atoms with Gasteiger partial charge in [0.05, 0.1) is 12.2 Å². The molecule has 0 atom stereocenters. The van der Waals surface area contributed by atoms with E-state index in [1.165, 1.54) is 0 Å². The van der Waals surface area contributed by atoms with Crippen molar-refractivity contribution in [3.63, 3.8) is 0 Å². The quantitative estimate of drug-likeness (QED) is 0.850. The van der Waals surface area contributed by atoms with E-state index in [-0.39, 0.29) is 5.91 Å². The van der Waals surface area contributed by atoms with E-state index in [9.17, 15) is 4.79 Å². The number of aromatic amines is 1. The number of nitrogens with one attached hydrogen (secondary N) is 2. The number of H-pyrrole nitrogens is 1. The molecule has 0 aliphatic heterocycles.